The topological polar surface area (TPSA) is 67.2 Å². The first-order valence-corrected chi connectivity index (χ1v) is 6.71. The van der Waals surface area contributed by atoms with Crippen molar-refractivity contribution >= 4 is 11.6 Å². The molecule has 1 aromatic carbocycles. The molecule has 5 heteroatoms. The zero-order valence-electron chi connectivity index (χ0n) is 11.8. The van der Waals surface area contributed by atoms with Gasteiger partial charge in [-0.15, -0.1) is 0 Å². The van der Waals surface area contributed by atoms with E-state index < -0.39 is 0 Å². The summed E-state index contributed by atoms with van der Waals surface area (Å²) in [6.07, 6.45) is 2.37. The number of aryl methyl sites for hydroxylation is 1. The fourth-order valence-electron chi connectivity index (χ4n) is 1.88. The number of hydrogen-bond acceptors (Lipinski definition) is 4. The summed E-state index contributed by atoms with van der Waals surface area (Å²) in [7, 11) is 0. The van der Waals surface area contributed by atoms with Crippen molar-refractivity contribution in [3.63, 3.8) is 0 Å². The molecule has 20 heavy (non-hydrogen) atoms. The molecule has 0 aliphatic carbocycles. The van der Waals surface area contributed by atoms with Crippen LogP contribution in [0.15, 0.2) is 35.1 Å². The standard InChI is InChI=1S/C15H19N3O2/c1-3-7-16-9-12-5-4-6-13(8-12)18-15(19)14-11(2)17-10-20-14/h4-6,8,10,16H,3,7,9H2,1-2H3,(H,18,19). The first-order valence-electron chi connectivity index (χ1n) is 6.71. The summed E-state index contributed by atoms with van der Waals surface area (Å²) >= 11 is 0. The number of carbonyl (C=O) groups excluding carboxylic acids is 1. The fraction of sp³-hybridized carbons (Fsp3) is 0.333. The Morgan fingerprint density at radius 1 is 1.40 bits per heavy atom. The summed E-state index contributed by atoms with van der Waals surface area (Å²) < 4.78 is 5.07. The van der Waals surface area contributed by atoms with Gasteiger partial charge in [0.05, 0.1) is 5.69 Å². The second-order valence-corrected chi connectivity index (χ2v) is 4.60. The van der Waals surface area contributed by atoms with Crippen molar-refractivity contribution in [2.75, 3.05) is 11.9 Å². The van der Waals surface area contributed by atoms with Gasteiger partial charge in [0.25, 0.3) is 5.91 Å². The first kappa shape index (κ1) is 14.3. The number of rotatable bonds is 6. The van der Waals surface area contributed by atoms with E-state index in [1.165, 1.54) is 6.39 Å². The number of aromatic nitrogens is 1. The summed E-state index contributed by atoms with van der Waals surface area (Å²) in [4.78, 5) is 15.9. The van der Waals surface area contributed by atoms with Gasteiger partial charge in [0.2, 0.25) is 5.76 Å². The SMILES string of the molecule is CCCNCc1cccc(NC(=O)c2ocnc2C)c1. The van der Waals surface area contributed by atoms with Crippen LogP contribution in [0.25, 0.3) is 0 Å². The van der Waals surface area contributed by atoms with Crippen LogP contribution in [0, 0.1) is 6.92 Å². The highest BCUT2D eigenvalue weighted by Crippen LogP contribution is 2.13. The van der Waals surface area contributed by atoms with Gasteiger partial charge in [0, 0.05) is 12.2 Å². The Balaban J connectivity index is 2.01. The number of oxazole rings is 1. The van der Waals surface area contributed by atoms with E-state index in [1.54, 1.807) is 6.92 Å². The predicted octanol–water partition coefficient (Wildman–Crippen LogP) is 2.73. The molecule has 2 N–H and O–H groups in total. The minimum Gasteiger partial charge on any atom is -0.438 e. The molecular weight excluding hydrogens is 254 g/mol. The van der Waals surface area contributed by atoms with Gasteiger partial charge in [-0.3, -0.25) is 4.79 Å². The largest absolute Gasteiger partial charge is 0.438 e. The fourth-order valence-corrected chi connectivity index (χ4v) is 1.88. The first-order chi connectivity index (χ1) is 9.70. The molecule has 0 saturated carbocycles. The third-order valence-electron chi connectivity index (χ3n) is 2.89. The lowest BCUT2D eigenvalue weighted by atomic mass is 10.2. The number of nitrogens with zero attached hydrogens (tertiary/aromatic N) is 1. The van der Waals surface area contributed by atoms with Gasteiger partial charge in [-0.1, -0.05) is 19.1 Å². The lowest BCUT2D eigenvalue weighted by molar-refractivity contribution is 0.0996. The molecule has 2 aromatic rings. The van der Waals surface area contributed by atoms with E-state index in [0.29, 0.717) is 5.69 Å². The summed E-state index contributed by atoms with van der Waals surface area (Å²) in [6, 6.07) is 7.75. The quantitative estimate of drug-likeness (QED) is 0.794. The van der Waals surface area contributed by atoms with E-state index in [9.17, 15) is 4.79 Å². The maximum atomic E-state index is 12.0. The lowest BCUT2D eigenvalue weighted by Gasteiger charge is -2.07. The van der Waals surface area contributed by atoms with Crippen LogP contribution in [0.4, 0.5) is 5.69 Å². The average molecular weight is 273 g/mol. The van der Waals surface area contributed by atoms with Crippen LogP contribution in [-0.4, -0.2) is 17.4 Å². The van der Waals surface area contributed by atoms with E-state index in [4.69, 9.17) is 4.42 Å². The number of amides is 1. The monoisotopic (exact) mass is 273 g/mol. The van der Waals surface area contributed by atoms with Crippen molar-refractivity contribution in [3.05, 3.63) is 47.7 Å². The third-order valence-corrected chi connectivity index (χ3v) is 2.89. The number of carbonyl (C=O) groups is 1. The van der Waals surface area contributed by atoms with Gasteiger partial charge in [0.15, 0.2) is 6.39 Å². The normalized spacial score (nSPS) is 10.5. The highest BCUT2D eigenvalue weighted by Gasteiger charge is 2.13. The Hall–Kier alpha value is -2.14. The highest BCUT2D eigenvalue weighted by atomic mass is 16.3. The van der Waals surface area contributed by atoms with E-state index in [0.717, 1.165) is 30.8 Å². The molecular formula is C15H19N3O2. The molecule has 2 rings (SSSR count). The van der Waals surface area contributed by atoms with E-state index >= 15 is 0 Å². The minimum atomic E-state index is -0.279. The molecule has 1 heterocycles. The van der Waals surface area contributed by atoms with Gasteiger partial charge in [-0.05, 0) is 37.6 Å². The van der Waals surface area contributed by atoms with Crippen LogP contribution in [0.2, 0.25) is 0 Å². The number of benzene rings is 1. The van der Waals surface area contributed by atoms with Crippen molar-refractivity contribution in [2.45, 2.75) is 26.8 Å². The lowest BCUT2D eigenvalue weighted by Crippen LogP contribution is -2.15. The molecule has 0 radical (unpaired) electrons. The smallest absolute Gasteiger partial charge is 0.293 e. The average Bonchev–Trinajstić information content (AvgIpc) is 2.86. The van der Waals surface area contributed by atoms with E-state index in [2.05, 4.69) is 22.5 Å². The van der Waals surface area contributed by atoms with Crippen molar-refractivity contribution < 1.29 is 9.21 Å². The molecule has 106 valence electrons. The summed E-state index contributed by atoms with van der Waals surface area (Å²) in [5, 5.41) is 6.14. The van der Waals surface area contributed by atoms with E-state index in [-0.39, 0.29) is 11.7 Å². The van der Waals surface area contributed by atoms with Crippen LogP contribution in [0.3, 0.4) is 0 Å². The van der Waals surface area contributed by atoms with Crippen molar-refractivity contribution in [1.82, 2.24) is 10.3 Å². The van der Waals surface area contributed by atoms with Gasteiger partial charge in [-0.2, -0.15) is 0 Å². The molecule has 1 aromatic heterocycles. The van der Waals surface area contributed by atoms with Crippen LogP contribution >= 0.6 is 0 Å². The summed E-state index contributed by atoms with van der Waals surface area (Å²) in [6.45, 7) is 5.64. The highest BCUT2D eigenvalue weighted by molar-refractivity contribution is 6.02. The number of hydrogen-bond donors (Lipinski definition) is 2. The van der Waals surface area contributed by atoms with Crippen LogP contribution in [0.1, 0.15) is 35.2 Å². The predicted molar refractivity (Wildman–Crippen MR) is 77.6 cm³/mol. The molecule has 0 fully saturated rings. The third kappa shape index (κ3) is 3.68. The minimum absolute atomic E-state index is 0.250. The molecule has 1 amide bonds. The summed E-state index contributed by atoms with van der Waals surface area (Å²) in [5.74, 6) is -0.0295. The molecule has 0 saturated heterocycles. The Bertz CT molecular complexity index is 578. The maximum absolute atomic E-state index is 12.0. The molecule has 5 nitrogen and oxygen atoms in total. The second kappa shape index (κ2) is 6.86. The molecule has 0 bridgehead atoms. The summed E-state index contributed by atoms with van der Waals surface area (Å²) in [5.41, 5.74) is 2.47. The van der Waals surface area contributed by atoms with E-state index in [1.807, 2.05) is 24.3 Å². The zero-order chi connectivity index (χ0) is 14.4. The van der Waals surface area contributed by atoms with Gasteiger partial charge in [-0.25, -0.2) is 4.98 Å². The Morgan fingerprint density at radius 2 is 2.25 bits per heavy atom. The van der Waals surface area contributed by atoms with Gasteiger partial charge < -0.3 is 15.1 Å². The van der Waals surface area contributed by atoms with Crippen LogP contribution < -0.4 is 10.6 Å². The molecule has 0 spiro atoms. The van der Waals surface area contributed by atoms with Gasteiger partial charge in [0.1, 0.15) is 0 Å². The van der Waals surface area contributed by atoms with Crippen molar-refractivity contribution in [2.24, 2.45) is 0 Å². The Morgan fingerprint density at radius 3 is 2.95 bits per heavy atom. The molecule has 0 atom stereocenters. The van der Waals surface area contributed by atoms with Crippen molar-refractivity contribution in [1.29, 1.82) is 0 Å². The number of nitrogens with one attached hydrogen (secondary N) is 2. The molecule has 0 aliphatic rings. The zero-order valence-corrected chi connectivity index (χ0v) is 11.8. The van der Waals surface area contributed by atoms with Crippen molar-refractivity contribution in [3.8, 4) is 0 Å². The van der Waals surface area contributed by atoms with Crippen LogP contribution in [0.5, 0.6) is 0 Å². The molecule has 0 unspecified atom stereocenters. The molecule has 0 aliphatic heterocycles. The second-order valence-electron chi connectivity index (χ2n) is 4.60. The maximum Gasteiger partial charge on any atom is 0.293 e. The Kier molecular flexibility index (Phi) is 4.90. The van der Waals surface area contributed by atoms with Crippen LogP contribution in [-0.2, 0) is 6.54 Å². The Labute approximate surface area is 118 Å². The number of anilines is 1. The van der Waals surface area contributed by atoms with Gasteiger partial charge >= 0.3 is 0 Å².